The lowest BCUT2D eigenvalue weighted by atomic mass is 9.91. The van der Waals surface area contributed by atoms with E-state index in [1.165, 1.54) is 13.8 Å². The molecule has 2 aromatic rings. The zero-order chi connectivity index (χ0) is 20.0. The molecule has 0 fully saturated rings. The fraction of sp³-hybridized carbons (Fsp3) is 0.533. The van der Waals surface area contributed by atoms with Crippen LogP contribution < -0.4 is 0 Å². The van der Waals surface area contributed by atoms with Crippen molar-refractivity contribution in [3.8, 4) is 0 Å². The molecule has 0 N–H and O–H groups in total. The Morgan fingerprint density at radius 2 is 1.15 bits per heavy atom. The Morgan fingerprint density at radius 1 is 0.846 bits per heavy atom. The van der Waals surface area contributed by atoms with E-state index >= 15 is 0 Å². The topological polar surface area (TPSA) is 52.7 Å². The van der Waals surface area contributed by atoms with Gasteiger partial charge in [0, 0.05) is 37.9 Å². The van der Waals surface area contributed by atoms with E-state index in [1.54, 1.807) is 0 Å². The molecule has 2 atom stereocenters. The van der Waals surface area contributed by atoms with Crippen LogP contribution >= 0.6 is 0 Å². The zero-order valence-electron chi connectivity index (χ0n) is 14.3. The highest BCUT2D eigenvalue weighted by atomic mass is 19.4. The van der Waals surface area contributed by atoms with E-state index < -0.39 is 41.6 Å². The number of rotatable bonds is 4. The number of hydrogen-bond acceptors (Lipinski definition) is 3. The van der Waals surface area contributed by atoms with Gasteiger partial charge in [0.1, 0.15) is 5.78 Å². The van der Waals surface area contributed by atoms with Gasteiger partial charge >= 0.3 is 12.4 Å². The van der Waals surface area contributed by atoms with Crippen LogP contribution in [0.4, 0.5) is 26.3 Å². The number of halogens is 6. The molecule has 0 bridgehead atoms. The smallest absolute Gasteiger partial charge is 0.327 e. The van der Waals surface area contributed by atoms with Crippen LogP contribution in [0.5, 0.6) is 0 Å². The highest BCUT2D eigenvalue weighted by Gasteiger charge is 2.39. The molecule has 0 saturated carbocycles. The minimum Gasteiger partial charge on any atom is -0.327 e. The predicted octanol–water partition coefficient (Wildman–Crippen LogP) is 3.67. The van der Waals surface area contributed by atoms with Crippen molar-refractivity contribution in [1.29, 1.82) is 0 Å². The first kappa shape index (κ1) is 20.0. The minimum atomic E-state index is -4.68. The van der Waals surface area contributed by atoms with Gasteiger partial charge in [0.15, 0.2) is 0 Å². The number of Topliss-reactive ketones (excluding diaryl/α,β-unsaturated/α-hetero) is 1. The van der Waals surface area contributed by atoms with Crippen LogP contribution in [0.1, 0.15) is 48.7 Å². The SMILES string of the molecule is CC(C(=O)C(C)c1cnc(C(F)(F)F)n1C)c1cnc(C(F)(F)F)n1C. The number of carbonyl (C=O) groups is 1. The molecular weight excluding hydrogens is 366 g/mol. The number of hydrogen-bond donors (Lipinski definition) is 0. The van der Waals surface area contributed by atoms with Crippen LogP contribution in [0.2, 0.25) is 0 Å². The van der Waals surface area contributed by atoms with E-state index in [-0.39, 0.29) is 11.4 Å². The third kappa shape index (κ3) is 3.47. The van der Waals surface area contributed by atoms with Crippen LogP contribution in [0.3, 0.4) is 0 Å². The Balaban J connectivity index is 2.32. The van der Waals surface area contributed by atoms with Crippen LogP contribution in [0.15, 0.2) is 12.4 Å². The molecule has 2 heterocycles. The Hall–Kier alpha value is -2.33. The molecule has 0 spiro atoms. The summed E-state index contributed by atoms with van der Waals surface area (Å²) in [6, 6.07) is 0. The molecule has 5 nitrogen and oxygen atoms in total. The summed E-state index contributed by atoms with van der Waals surface area (Å²) in [6.07, 6.45) is -7.46. The highest BCUT2D eigenvalue weighted by Crippen LogP contribution is 2.34. The maximum atomic E-state index is 12.8. The molecule has 2 rings (SSSR count). The van der Waals surface area contributed by atoms with Crippen LogP contribution in [-0.2, 0) is 31.2 Å². The van der Waals surface area contributed by atoms with Gasteiger partial charge in [-0.1, -0.05) is 0 Å². The Morgan fingerprint density at radius 3 is 1.38 bits per heavy atom. The molecule has 11 heteroatoms. The van der Waals surface area contributed by atoms with E-state index in [0.717, 1.165) is 35.6 Å². The second-order valence-corrected chi connectivity index (χ2v) is 5.97. The van der Waals surface area contributed by atoms with Crippen LogP contribution in [0, 0.1) is 0 Å². The van der Waals surface area contributed by atoms with Crippen molar-refractivity contribution in [3.05, 3.63) is 35.4 Å². The van der Waals surface area contributed by atoms with Gasteiger partial charge in [-0.05, 0) is 13.8 Å². The molecule has 144 valence electrons. The van der Waals surface area contributed by atoms with Crippen molar-refractivity contribution < 1.29 is 31.1 Å². The molecular formula is C15H16F6N4O. The van der Waals surface area contributed by atoms with Crippen molar-refractivity contribution >= 4 is 5.78 Å². The Kier molecular flexibility index (Phi) is 4.95. The third-order valence-corrected chi connectivity index (χ3v) is 4.30. The standard InChI is InChI=1S/C15H16F6N4O/c1-7(9-5-22-12(24(9)3)14(16,17)18)11(26)8(2)10-6-23-13(25(10)4)15(19,20)21/h5-8H,1-4H3. The predicted molar refractivity (Wildman–Crippen MR) is 78.3 cm³/mol. The third-order valence-electron chi connectivity index (χ3n) is 4.30. The molecule has 0 aromatic carbocycles. The first-order valence-corrected chi connectivity index (χ1v) is 7.48. The number of ketones is 1. The lowest BCUT2D eigenvalue weighted by molar-refractivity contribution is -0.147. The molecule has 0 aliphatic heterocycles. The lowest BCUT2D eigenvalue weighted by Gasteiger charge is -2.18. The van der Waals surface area contributed by atoms with Gasteiger partial charge in [-0.2, -0.15) is 26.3 Å². The van der Waals surface area contributed by atoms with Gasteiger partial charge < -0.3 is 9.13 Å². The largest absolute Gasteiger partial charge is 0.449 e. The molecule has 0 saturated heterocycles. The van der Waals surface area contributed by atoms with Gasteiger partial charge in [-0.25, -0.2) is 9.97 Å². The van der Waals surface area contributed by atoms with Crippen molar-refractivity contribution in [2.75, 3.05) is 0 Å². The highest BCUT2D eigenvalue weighted by molar-refractivity contribution is 5.90. The minimum absolute atomic E-state index is 0.0207. The average Bonchev–Trinajstić information content (AvgIpc) is 3.07. The van der Waals surface area contributed by atoms with Crippen LogP contribution in [0.25, 0.3) is 0 Å². The lowest BCUT2D eigenvalue weighted by Crippen LogP contribution is -2.22. The number of aromatic nitrogens is 4. The summed E-state index contributed by atoms with van der Waals surface area (Å²) in [5.41, 5.74) is 0.0415. The molecule has 26 heavy (non-hydrogen) atoms. The average molecular weight is 382 g/mol. The number of nitrogens with zero attached hydrogens (tertiary/aromatic N) is 4. The van der Waals surface area contributed by atoms with Gasteiger partial charge in [0.2, 0.25) is 11.6 Å². The van der Waals surface area contributed by atoms with E-state index in [0.29, 0.717) is 0 Å². The molecule has 0 aliphatic carbocycles. The molecule has 2 aromatic heterocycles. The Bertz CT molecular complexity index is 751. The number of alkyl halides is 6. The van der Waals surface area contributed by atoms with Crippen molar-refractivity contribution in [1.82, 2.24) is 19.1 Å². The van der Waals surface area contributed by atoms with Gasteiger partial charge in [-0.3, -0.25) is 4.79 Å². The van der Waals surface area contributed by atoms with Crippen molar-refractivity contribution in [2.45, 2.75) is 38.0 Å². The maximum absolute atomic E-state index is 12.8. The van der Waals surface area contributed by atoms with Gasteiger partial charge in [-0.15, -0.1) is 0 Å². The molecule has 0 radical (unpaired) electrons. The quantitative estimate of drug-likeness (QED) is 0.759. The first-order valence-electron chi connectivity index (χ1n) is 7.48. The van der Waals surface area contributed by atoms with E-state index in [2.05, 4.69) is 9.97 Å². The first-order chi connectivity index (χ1) is 11.8. The Labute approximate surface area is 144 Å². The second kappa shape index (κ2) is 6.44. The summed E-state index contributed by atoms with van der Waals surface area (Å²) in [6.45, 7) is 2.77. The van der Waals surface area contributed by atoms with Gasteiger partial charge in [0.05, 0.1) is 11.8 Å². The normalized spacial score (nSPS) is 15.2. The summed E-state index contributed by atoms with van der Waals surface area (Å²) in [5, 5.41) is 0. The van der Waals surface area contributed by atoms with E-state index in [4.69, 9.17) is 0 Å². The summed E-state index contributed by atoms with van der Waals surface area (Å²) in [7, 11) is 2.26. The molecule has 0 amide bonds. The van der Waals surface area contributed by atoms with Gasteiger partial charge in [0.25, 0.3) is 0 Å². The van der Waals surface area contributed by atoms with E-state index in [9.17, 15) is 31.1 Å². The summed E-state index contributed by atoms with van der Waals surface area (Å²) in [5.74, 6) is -4.84. The summed E-state index contributed by atoms with van der Waals surface area (Å²) in [4.78, 5) is 19.2. The monoisotopic (exact) mass is 382 g/mol. The van der Waals surface area contributed by atoms with Crippen molar-refractivity contribution in [2.24, 2.45) is 14.1 Å². The summed E-state index contributed by atoms with van der Waals surface area (Å²) >= 11 is 0. The fourth-order valence-corrected chi connectivity index (χ4v) is 2.84. The van der Waals surface area contributed by atoms with E-state index in [1.807, 2.05) is 0 Å². The number of imidazole rings is 2. The molecule has 2 unspecified atom stereocenters. The summed E-state index contributed by atoms with van der Waals surface area (Å²) < 4.78 is 78.5. The number of carbonyl (C=O) groups excluding carboxylic acids is 1. The fourth-order valence-electron chi connectivity index (χ4n) is 2.84. The van der Waals surface area contributed by atoms with Crippen molar-refractivity contribution in [3.63, 3.8) is 0 Å². The molecule has 0 aliphatic rings. The van der Waals surface area contributed by atoms with Crippen LogP contribution in [-0.4, -0.2) is 24.9 Å². The maximum Gasteiger partial charge on any atom is 0.449 e. The second-order valence-electron chi connectivity index (χ2n) is 5.97. The zero-order valence-corrected chi connectivity index (χ0v) is 14.3.